The first kappa shape index (κ1) is 22.0. The number of carbonyl (C=O) groups is 2. The lowest BCUT2D eigenvalue weighted by atomic mass is 10.0. The van der Waals surface area contributed by atoms with E-state index in [1.54, 1.807) is 24.0 Å². The summed E-state index contributed by atoms with van der Waals surface area (Å²) in [6.07, 6.45) is 0.264. The summed E-state index contributed by atoms with van der Waals surface area (Å²) in [7, 11) is 0. The Balaban J connectivity index is 2.27. The number of benzene rings is 2. The molecule has 0 bridgehead atoms. The molecule has 0 heterocycles. The molecule has 4 nitrogen and oxygen atoms in total. The van der Waals surface area contributed by atoms with Crippen molar-refractivity contribution in [1.29, 1.82) is 0 Å². The van der Waals surface area contributed by atoms with E-state index in [1.165, 1.54) is 0 Å². The number of nitrogens with zero attached hydrogens (tertiary/aromatic N) is 1. The lowest BCUT2D eigenvalue weighted by molar-refractivity contribution is -0.140. The Hall–Kier alpha value is -2.33. The second-order valence-electron chi connectivity index (χ2n) is 7.59. The van der Waals surface area contributed by atoms with Gasteiger partial charge in [0.1, 0.15) is 6.04 Å². The zero-order chi connectivity index (χ0) is 20.8. The topological polar surface area (TPSA) is 49.4 Å². The Morgan fingerprint density at radius 3 is 2.29 bits per heavy atom. The summed E-state index contributed by atoms with van der Waals surface area (Å²) in [5.41, 5.74) is 4.11. The molecular formula is C23H29ClN2O2. The molecule has 0 spiro atoms. The van der Waals surface area contributed by atoms with E-state index in [1.807, 2.05) is 58.0 Å². The molecule has 1 unspecified atom stereocenters. The zero-order valence-corrected chi connectivity index (χ0v) is 18.0. The lowest BCUT2D eigenvalue weighted by Gasteiger charge is -2.29. The average Bonchev–Trinajstić information content (AvgIpc) is 2.63. The molecule has 0 fully saturated rings. The third-order valence-electron chi connectivity index (χ3n) is 4.71. The van der Waals surface area contributed by atoms with Crippen LogP contribution < -0.4 is 5.32 Å². The van der Waals surface area contributed by atoms with Gasteiger partial charge < -0.3 is 10.2 Å². The smallest absolute Gasteiger partial charge is 0.242 e. The third kappa shape index (κ3) is 6.10. The standard InChI is InChI=1S/C23H29ClN2O2/c1-15(2)25-23(28)18(5)26(14-19-8-10-21(24)11-9-19)22(27)13-20-12-16(3)6-7-17(20)4/h6-12,15,18H,13-14H2,1-5H3,(H,25,28). The van der Waals surface area contributed by atoms with E-state index in [4.69, 9.17) is 11.6 Å². The summed E-state index contributed by atoms with van der Waals surface area (Å²) in [4.78, 5) is 27.4. The fourth-order valence-electron chi connectivity index (χ4n) is 3.03. The van der Waals surface area contributed by atoms with Crippen LogP contribution in [0.5, 0.6) is 0 Å². The lowest BCUT2D eigenvalue weighted by Crippen LogP contribution is -2.49. The number of hydrogen-bond acceptors (Lipinski definition) is 2. The van der Waals surface area contributed by atoms with E-state index in [2.05, 4.69) is 5.32 Å². The van der Waals surface area contributed by atoms with Crippen LogP contribution in [0.2, 0.25) is 5.02 Å². The van der Waals surface area contributed by atoms with Crippen molar-refractivity contribution in [3.63, 3.8) is 0 Å². The number of halogens is 1. The van der Waals surface area contributed by atoms with E-state index >= 15 is 0 Å². The van der Waals surface area contributed by atoms with Crippen LogP contribution in [0.1, 0.15) is 43.0 Å². The van der Waals surface area contributed by atoms with Crippen LogP contribution in [0.4, 0.5) is 0 Å². The number of rotatable bonds is 7. The molecule has 0 aliphatic heterocycles. The number of hydrogen-bond donors (Lipinski definition) is 1. The number of aryl methyl sites for hydroxylation is 2. The highest BCUT2D eigenvalue weighted by molar-refractivity contribution is 6.30. The zero-order valence-electron chi connectivity index (χ0n) is 17.3. The maximum atomic E-state index is 13.2. The molecule has 2 amide bonds. The summed E-state index contributed by atoms with van der Waals surface area (Å²) < 4.78 is 0. The molecule has 1 N–H and O–H groups in total. The molecule has 2 aromatic rings. The van der Waals surface area contributed by atoms with Gasteiger partial charge in [0.05, 0.1) is 6.42 Å². The SMILES string of the molecule is Cc1ccc(C)c(CC(=O)N(Cc2ccc(Cl)cc2)C(C)C(=O)NC(C)C)c1. The van der Waals surface area contributed by atoms with Crippen molar-refractivity contribution >= 4 is 23.4 Å². The number of amides is 2. The molecule has 150 valence electrons. The van der Waals surface area contributed by atoms with Crippen LogP contribution in [-0.4, -0.2) is 28.8 Å². The molecule has 0 saturated carbocycles. The minimum absolute atomic E-state index is 0.0152. The van der Waals surface area contributed by atoms with Gasteiger partial charge in [-0.3, -0.25) is 9.59 Å². The van der Waals surface area contributed by atoms with Crippen molar-refractivity contribution in [3.8, 4) is 0 Å². The van der Waals surface area contributed by atoms with Gasteiger partial charge in [0.2, 0.25) is 11.8 Å². The molecule has 2 rings (SSSR count). The molecule has 0 saturated heterocycles. The molecule has 0 radical (unpaired) electrons. The number of carbonyl (C=O) groups excluding carboxylic acids is 2. The minimum atomic E-state index is -0.573. The van der Waals surface area contributed by atoms with Gasteiger partial charge >= 0.3 is 0 Å². The Morgan fingerprint density at radius 1 is 1.04 bits per heavy atom. The highest BCUT2D eigenvalue weighted by Gasteiger charge is 2.26. The molecule has 28 heavy (non-hydrogen) atoms. The Bertz CT molecular complexity index is 831. The Labute approximate surface area is 172 Å². The molecule has 0 aliphatic rings. The molecule has 2 aromatic carbocycles. The van der Waals surface area contributed by atoms with Crippen LogP contribution >= 0.6 is 11.6 Å². The van der Waals surface area contributed by atoms with Gasteiger partial charge in [0.25, 0.3) is 0 Å². The van der Waals surface area contributed by atoms with Gasteiger partial charge in [-0.05, 0) is 63.4 Å². The molecule has 1 atom stereocenters. The Kier molecular flexibility index (Phi) is 7.64. The minimum Gasteiger partial charge on any atom is -0.352 e. The summed E-state index contributed by atoms with van der Waals surface area (Å²) >= 11 is 5.98. The second-order valence-corrected chi connectivity index (χ2v) is 8.03. The van der Waals surface area contributed by atoms with E-state index < -0.39 is 6.04 Å². The first-order valence-electron chi connectivity index (χ1n) is 9.57. The quantitative estimate of drug-likeness (QED) is 0.746. The summed E-state index contributed by atoms with van der Waals surface area (Å²) in [6, 6.07) is 12.9. The highest BCUT2D eigenvalue weighted by atomic mass is 35.5. The van der Waals surface area contributed by atoms with Crippen molar-refractivity contribution in [2.75, 3.05) is 0 Å². The van der Waals surface area contributed by atoms with Gasteiger partial charge in [-0.2, -0.15) is 0 Å². The number of nitrogens with one attached hydrogen (secondary N) is 1. The normalized spacial score (nSPS) is 12.0. The van der Waals surface area contributed by atoms with Crippen LogP contribution in [0, 0.1) is 13.8 Å². The second kappa shape index (κ2) is 9.74. The van der Waals surface area contributed by atoms with Crippen molar-refractivity contribution in [1.82, 2.24) is 10.2 Å². The van der Waals surface area contributed by atoms with E-state index in [-0.39, 0.29) is 24.3 Å². The molecule has 0 aliphatic carbocycles. The highest BCUT2D eigenvalue weighted by Crippen LogP contribution is 2.17. The van der Waals surface area contributed by atoms with Crippen molar-refractivity contribution in [2.24, 2.45) is 0 Å². The van der Waals surface area contributed by atoms with Crippen molar-refractivity contribution in [2.45, 2.75) is 59.7 Å². The molecule has 0 aromatic heterocycles. The monoisotopic (exact) mass is 400 g/mol. The third-order valence-corrected chi connectivity index (χ3v) is 4.96. The van der Waals surface area contributed by atoms with Crippen LogP contribution in [0.25, 0.3) is 0 Å². The summed E-state index contributed by atoms with van der Waals surface area (Å²) in [5.74, 6) is -0.228. The fourth-order valence-corrected chi connectivity index (χ4v) is 3.16. The first-order valence-corrected chi connectivity index (χ1v) is 9.95. The van der Waals surface area contributed by atoms with Gasteiger partial charge in [0, 0.05) is 17.6 Å². The summed E-state index contributed by atoms with van der Waals surface area (Å²) in [6.45, 7) is 9.96. The van der Waals surface area contributed by atoms with E-state index in [0.29, 0.717) is 11.6 Å². The van der Waals surface area contributed by atoms with Crippen LogP contribution in [-0.2, 0) is 22.6 Å². The largest absolute Gasteiger partial charge is 0.352 e. The Morgan fingerprint density at radius 2 is 1.68 bits per heavy atom. The maximum absolute atomic E-state index is 13.2. The van der Waals surface area contributed by atoms with Gasteiger partial charge in [-0.25, -0.2) is 0 Å². The van der Waals surface area contributed by atoms with E-state index in [0.717, 1.165) is 22.3 Å². The fraction of sp³-hybridized carbons (Fsp3) is 0.391. The van der Waals surface area contributed by atoms with Crippen molar-refractivity contribution < 1.29 is 9.59 Å². The van der Waals surface area contributed by atoms with Crippen molar-refractivity contribution in [3.05, 3.63) is 69.7 Å². The molecular weight excluding hydrogens is 372 g/mol. The average molecular weight is 401 g/mol. The van der Waals surface area contributed by atoms with Crippen LogP contribution in [0.3, 0.4) is 0 Å². The predicted molar refractivity (Wildman–Crippen MR) is 114 cm³/mol. The van der Waals surface area contributed by atoms with Crippen LogP contribution in [0.15, 0.2) is 42.5 Å². The van der Waals surface area contributed by atoms with E-state index in [9.17, 15) is 9.59 Å². The predicted octanol–water partition coefficient (Wildman–Crippen LogP) is 4.44. The molecule has 5 heteroatoms. The summed E-state index contributed by atoms with van der Waals surface area (Å²) in [5, 5.41) is 3.54. The van der Waals surface area contributed by atoms with Gasteiger partial charge in [-0.1, -0.05) is 47.5 Å². The van der Waals surface area contributed by atoms with Gasteiger partial charge in [-0.15, -0.1) is 0 Å². The first-order chi connectivity index (χ1) is 13.2. The van der Waals surface area contributed by atoms with Gasteiger partial charge in [0.15, 0.2) is 0 Å². The maximum Gasteiger partial charge on any atom is 0.242 e.